The van der Waals surface area contributed by atoms with Gasteiger partial charge in [0.15, 0.2) is 0 Å². The van der Waals surface area contributed by atoms with Crippen LogP contribution in [0.25, 0.3) is 11.1 Å². The summed E-state index contributed by atoms with van der Waals surface area (Å²) < 4.78 is 7.83. The molecule has 9 nitrogen and oxygen atoms in total. The summed E-state index contributed by atoms with van der Waals surface area (Å²) in [6.07, 6.45) is 5.74. The lowest BCUT2D eigenvalue weighted by Gasteiger charge is -2.16. The monoisotopic (exact) mass is 429 g/mol. The summed E-state index contributed by atoms with van der Waals surface area (Å²) in [5.41, 5.74) is 8.59. The SMILES string of the molecule is C=C(C#N)C(=O)N1CC[C@@H](COc2ncnc(N)c2-c2cnn(Cc3ccccc3)c2)C1. The van der Waals surface area contributed by atoms with Crippen molar-refractivity contribution in [1.29, 1.82) is 5.26 Å². The Balaban J connectivity index is 1.45. The Bertz CT molecular complexity index is 1170. The predicted molar refractivity (Wildman–Crippen MR) is 118 cm³/mol. The Morgan fingerprint density at radius 1 is 1.31 bits per heavy atom. The molecule has 4 rings (SSSR count). The topological polar surface area (TPSA) is 123 Å². The number of amides is 1. The van der Waals surface area contributed by atoms with Gasteiger partial charge in [0.05, 0.1) is 24.9 Å². The molecule has 3 heterocycles. The van der Waals surface area contributed by atoms with E-state index in [1.54, 1.807) is 11.1 Å². The summed E-state index contributed by atoms with van der Waals surface area (Å²) >= 11 is 0. The lowest BCUT2D eigenvalue weighted by molar-refractivity contribution is -0.125. The maximum Gasteiger partial charge on any atom is 0.263 e. The molecule has 0 unspecified atom stereocenters. The van der Waals surface area contributed by atoms with Gasteiger partial charge < -0.3 is 15.4 Å². The molecule has 0 saturated carbocycles. The zero-order valence-corrected chi connectivity index (χ0v) is 17.5. The first kappa shape index (κ1) is 21.1. The van der Waals surface area contributed by atoms with Gasteiger partial charge in [-0.2, -0.15) is 10.4 Å². The normalized spacial score (nSPS) is 15.3. The van der Waals surface area contributed by atoms with Crippen molar-refractivity contribution in [3.63, 3.8) is 0 Å². The highest BCUT2D eigenvalue weighted by Crippen LogP contribution is 2.32. The molecular formula is C23H23N7O2. The Hall–Kier alpha value is -4.19. The lowest BCUT2D eigenvalue weighted by atomic mass is 10.1. The average molecular weight is 429 g/mol. The molecule has 1 aromatic carbocycles. The molecule has 1 amide bonds. The summed E-state index contributed by atoms with van der Waals surface area (Å²) in [5, 5.41) is 13.3. The van der Waals surface area contributed by atoms with Crippen molar-refractivity contribution < 1.29 is 9.53 Å². The first-order valence-electron chi connectivity index (χ1n) is 10.2. The zero-order chi connectivity index (χ0) is 22.5. The number of carbonyl (C=O) groups excluding carboxylic acids is 1. The number of ether oxygens (including phenoxy) is 1. The number of nitrogen functional groups attached to an aromatic ring is 1. The number of benzene rings is 1. The van der Waals surface area contributed by atoms with E-state index >= 15 is 0 Å². The molecule has 2 aromatic heterocycles. The molecule has 1 aliphatic rings. The van der Waals surface area contributed by atoms with Gasteiger partial charge in [0.2, 0.25) is 5.88 Å². The zero-order valence-electron chi connectivity index (χ0n) is 17.5. The summed E-state index contributed by atoms with van der Waals surface area (Å²) in [4.78, 5) is 22.1. The van der Waals surface area contributed by atoms with Crippen LogP contribution in [0.1, 0.15) is 12.0 Å². The Morgan fingerprint density at radius 3 is 2.91 bits per heavy atom. The van der Waals surface area contributed by atoms with Crippen LogP contribution in [0, 0.1) is 17.2 Å². The minimum absolute atomic E-state index is 0.0510. The van der Waals surface area contributed by atoms with Crippen molar-refractivity contribution in [2.75, 3.05) is 25.4 Å². The van der Waals surface area contributed by atoms with E-state index in [0.717, 1.165) is 17.5 Å². The van der Waals surface area contributed by atoms with Gasteiger partial charge in [-0.05, 0) is 12.0 Å². The Morgan fingerprint density at radius 2 is 2.12 bits per heavy atom. The van der Waals surface area contributed by atoms with Crippen LogP contribution in [0.4, 0.5) is 5.82 Å². The van der Waals surface area contributed by atoms with Crippen molar-refractivity contribution in [3.8, 4) is 23.1 Å². The van der Waals surface area contributed by atoms with Crippen molar-refractivity contribution >= 4 is 11.7 Å². The third-order valence-corrected chi connectivity index (χ3v) is 5.37. The van der Waals surface area contributed by atoms with E-state index in [1.807, 2.05) is 47.3 Å². The smallest absolute Gasteiger partial charge is 0.263 e. The summed E-state index contributed by atoms with van der Waals surface area (Å²) in [6, 6.07) is 11.8. The molecule has 1 atom stereocenters. The highest BCUT2D eigenvalue weighted by atomic mass is 16.5. The van der Waals surface area contributed by atoms with E-state index in [2.05, 4.69) is 21.6 Å². The number of nitrogens with two attached hydrogens (primary N) is 1. The maximum atomic E-state index is 12.1. The largest absolute Gasteiger partial charge is 0.477 e. The third-order valence-electron chi connectivity index (χ3n) is 5.37. The standard InChI is InChI=1S/C23H23N7O2/c1-16(9-24)23(31)29-8-7-18(11-29)14-32-22-20(21(25)26-15-27-22)19-10-28-30(13-19)12-17-5-3-2-4-6-17/h2-6,10,13,15,18H,1,7-8,11-12,14H2,(H2,25,26,27)/t18-/m1/s1. The van der Waals surface area contributed by atoms with Crippen LogP contribution in [0.2, 0.25) is 0 Å². The number of rotatable bonds is 7. The molecule has 1 fully saturated rings. The van der Waals surface area contributed by atoms with Gasteiger partial charge in [-0.15, -0.1) is 0 Å². The minimum atomic E-state index is -0.326. The summed E-state index contributed by atoms with van der Waals surface area (Å²) in [5.74, 6) is 0.480. The molecule has 1 saturated heterocycles. The number of hydrogen-bond donors (Lipinski definition) is 1. The maximum absolute atomic E-state index is 12.1. The van der Waals surface area contributed by atoms with Crippen LogP contribution in [0.15, 0.2) is 61.2 Å². The molecule has 162 valence electrons. The van der Waals surface area contributed by atoms with E-state index in [-0.39, 0.29) is 17.4 Å². The molecule has 0 bridgehead atoms. The number of anilines is 1. The van der Waals surface area contributed by atoms with Crippen LogP contribution in [-0.2, 0) is 11.3 Å². The number of hydrogen-bond acceptors (Lipinski definition) is 7. The number of nitrogens with zero attached hydrogens (tertiary/aromatic N) is 6. The van der Waals surface area contributed by atoms with Crippen LogP contribution >= 0.6 is 0 Å². The second-order valence-electron chi connectivity index (χ2n) is 7.66. The lowest BCUT2D eigenvalue weighted by Crippen LogP contribution is -2.30. The second-order valence-corrected chi connectivity index (χ2v) is 7.66. The van der Waals surface area contributed by atoms with Gasteiger partial charge in [-0.1, -0.05) is 36.9 Å². The van der Waals surface area contributed by atoms with Gasteiger partial charge in [0, 0.05) is 30.8 Å². The summed E-state index contributed by atoms with van der Waals surface area (Å²) in [6.45, 7) is 5.56. The second kappa shape index (κ2) is 9.31. The molecular weight excluding hydrogens is 406 g/mol. The summed E-state index contributed by atoms with van der Waals surface area (Å²) in [7, 11) is 0. The molecule has 0 spiro atoms. The van der Waals surface area contributed by atoms with E-state index in [1.165, 1.54) is 6.33 Å². The Labute approximate surface area is 185 Å². The van der Waals surface area contributed by atoms with Gasteiger partial charge in [0.1, 0.15) is 23.8 Å². The third kappa shape index (κ3) is 4.59. The first-order valence-corrected chi connectivity index (χ1v) is 10.2. The van der Waals surface area contributed by atoms with Gasteiger partial charge in [-0.3, -0.25) is 9.48 Å². The van der Waals surface area contributed by atoms with E-state index < -0.39 is 0 Å². The molecule has 0 aliphatic carbocycles. The van der Waals surface area contributed by atoms with E-state index in [0.29, 0.717) is 43.5 Å². The van der Waals surface area contributed by atoms with Crippen LogP contribution < -0.4 is 10.5 Å². The highest BCUT2D eigenvalue weighted by Gasteiger charge is 2.28. The van der Waals surface area contributed by atoms with E-state index in [9.17, 15) is 4.79 Å². The molecule has 9 heteroatoms. The van der Waals surface area contributed by atoms with Crippen molar-refractivity contribution in [3.05, 3.63) is 66.8 Å². The van der Waals surface area contributed by atoms with Crippen LogP contribution in [-0.4, -0.2) is 50.3 Å². The van der Waals surface area contributed by atoms with Crippen molar-refractivity contribution in [2.24, 2.45) is 5.92 Å². The molecule has 2 N–H and O–H groups in total. The van der Waals surface area contributed by atoms with Crippen molar-refractivity contribution in [2.45, 2.75) is 13.0 Å². The van der Waals surface area contributed by atoms with E-state index in [4.69, 9.17) is 15.7 Å². The number of aromatic nitrogens is 4. The molecule has 32 heavy (non-hydrogen) atoms. The number of nitriles is 1. The van der Waals surface area contributed by atoms with Crippen LogP contribution in [0.5, 0.6) is 5.88 Å². The average Bonchev–Trinajstić information content (AvgIpc) is 3.47. The van der Waals surface area contributed by atoms with Crippen LogP contribution in [0.3, 0.4) is 0 Å². The number of carbonyl (C=O) groups is 1. The minimum Gasteiger partial charge on any atom is -0.477 e. The Kier molecular flexibility index (Phi) is 6.12. The van der Waals surface area contributed by atoms with Gasteiger partial charge >= 0.3 is 0 Å². The fraction of sp³-hybridized carbons (Fsp3) is 0.261. The van der Waals surface area contributed by atoms with Gasteiger partial charge in [-0.25, -0.2) is 9.97 Å². The predicted octanol–water partition coefficient (Wildman–Crippen LogP) is 2.28. The van der Waals surface area contributed by atoms with Gasteiger partial charge in [0.25, 0.3) is 5.91 Å². The highest BCUT2D eigenvalue weighted by molar-refractivity contribution is 5.96. The first-order chi connectivity index (χ1) is 15.5. The molecule has 0 radical (unpaired) electrons. The molecule has 3 aromatic rings. The fourth-order valence-electron chi connectivity index (χ4n) is 3.70. The molecule has 1 aliphatic heterocycles. The van der Waals surface area contributed by atoms with Crippen molar-refractivity contribution in [1.82, 2.24) is 24.6 Å². The quantitative estimate of drug-likeness (QED) is 0.451. The fourth-order valence-corrected chi connectivity index (χ4v) is 3.70. The number of likely N-dealkylation sites (tertiary alicyclic amines) is 1.